The first-order valence-electron chi connectivity index (χ1n) is 6.44. The van der Waals surface area contributed by atoms with Crippen LogP contribution in [0.1, 0.15) is 19.8 Å². The zero-order valence-electron chi connectivity index (χ0n) is 11.0. The van der Waals surface area contributed by atoms with Crippen molar-refractivity contribution in [1.82, 2.24) is 15.1 Å². The van der Waals surface area contributed by atoms with E-state index in [0.717, 1.165) is 45.7 Å². The van der Waals surface area contributed by atoms with Gasteiger partial charge in [0.15, 0.2) is 0 Å². The molecule has 0 radical (unpaired) electrons. The molecule has 1 saturated heterocycles. The predicted molar refractivity (Wildman–Crippen MR) is 68.3 cm³/mol. The fourth-order valence-electron chi connectivity index (χ4n) is 2.06. The SMILES string of the molecule is CC(CC(=O)O)NCCCN1CCN(C)CC1. The summed E-state index contributed by atoms with van der Waals surface area (Å²) in [4.78, 5) is 15.3. The number of aliphatic carboxylic acids is 1. The average Bonchev–Trinajstić information content (AvgIpc) is 2.26. The van der Waals surface area contributed by atoms with E-state index in [1.807, 2.05) is 6.92 Å². The van der Waals surface area contributed by atoms with Crippen LogP contribution in [0, 0.1) is 0 Å². The van der Waals surface area contributed by atoms with Crippen LogP contribution >= 0.6 is 0 Å². The van der Waals surface area contributed by atoms with Gasteiger partial charge in [0.05, 0.1) is 6.42 Å². The van der Waals surface area contributed by atoms with Gasteiger partial charge >= 0.3 is 5.97 Å². The first kappa shape index (κ1) is 14.4. The molecule has 5 nitrogen and oxygen atoms in total. The molecule has 0 aliphatic carbocycles. The number of carbonyl (C=O) groups is 1. The number of carboxylic acids is 1. The zero-order valence-corrected chi connectivity index (χ0v) is 11.0. The molecule has 1 aliphatic rings. The third-order valence-electron chi connectivity index (χ3n) is 3.22. The van der Waals surface area contributed by atoms with Gasteiger partial charge in [-0.1, -0.05) is 0 Å². The predicted octanol–water partition coefficient (Wildman–Crippen LogP) is 0.0767. The summed E-state index contributed by atoms with van der Waals surface area (Å²) >= 11 is 0. The van der Waals surface area contributed by atoms with Crippen LogP contribution in [-0.2, 0) is 4.79 Å². The molecule has 1 heterocycles. The van der Waals surface area contributed by atoms with Crippen molar-refractivity contribution < 1.29 is 9.90 Å². The first-order valence-corrected chi connectivity index (χ1v) is 6.44. The molecule has 2 N–H and O–H groups in total. The Bertz CT molecular complexity index is 228. The normalized spacial score (nSPS) is 20.4. The molecule has 0 amide bonds. The lowest BCUT2D eigenvalue weighted by Gasteiger charge is -2.32. The van der Waals surface area contributed by atoms with E-state index < -0.39 is 5.97 Å². The van der Waals surface area contributed by atoms with Gasteiger partial charge in [0, 0.05) is 32.2 Å². The number of hydrogen-bond acceptors (Lipinski definition) is 4. The molecule has 0 aromatic heterocycles. The Morgan fingerprint density at radius 1 is 1.35 bits per heavy atom. The average molecular weight is 243 g/mol. The lowest BCUT2D eigenvalue weighted by atomic mass is 10.2. The molecule has 0 aromatic carbocycles. The summed E-state index contributed by atoms with van der Waals surface area (Å²) in [5.41, 5.74) is 0. The van der Waals surface area contributed by atoms with E-state index in [4.69, 9.17) is 5.11 Å². The summed E-state index contributed by atoms with van der Waals surface area (Å²) in [5.74, 6) is -0.732. The van der Waals surface area contributed by atoms with Gasteiger partial charge in [-0.05, 0) is 33.5 Å². The maximum atomic E-state index is 10.5. The molecule has 0 saturated carbocycles. The molecule has 0 bridgehead atoms. The summed E-state index contributed by atoms with van der Waals surface area (Å²) in [6, 6.07) is 0.0694. The second-order valence-electron chi connectivity index (χ2n) is 4.95. The smallest absolute Gasteiger partial charge is 0.304 e. The lowest BCUT2D eigenvalue weighted by molar-refractivity contribution is -0.137. The van der Waals surface area contributed by atoms with E-state index in [1.54, 1.807) is 0 Å². The summed E-state index contributed by atoms with van der Waals surface area (Å²) in [5, 5.41) is 11.9. The molecule has 17 heavy (non-hydrogen) atoms. The summed E-state index contributed by atoms with van der Waals surface area (Å²) in [6.45, 7) is 8.56. The van der Waals surface area contributed by atoms with E-state index >= 15 is 0 Å². The summed E-state index contributed by atoms with van der Waals surface area (Å²) in [7, 11) is 2.16. The minimum Gasteiger partial charge on any atom is -0.481 e. The van der Waals surface area contributed by atoms with Crippen molar-refractivity contribution in [2.45, 2.75) is 25.8 Å². The number of piperazine rings is 1. The second kappa shape index (κ2) is 7.63. The molecule has 0 aromatic rings. The van der Waals surface area contributed by atoms with E-state index in [2.05, 4.69) is 22.2 Å². The van der Waals surface area contributed by atoms with Gasteiger partial charge in [-0.2, -0.15) is 0 Å². The fraction of sp³-hybridized carbons (Fsp3) is 0.917. The van der Waals surface area contributed by atoms with E-state index in [-0.39, 0.29) is 12.5 Å². The molecule has 100 valence electrons. The van der Waals surface area contributed by atoms with Gasteiger partial charge in [-0.15, -0.1) is 0 Å². The Labute approximate surface area is 104 Å². The third-order valence-corrected chi connectivity index (χ3v) is 3.22. The lowest BCUT2D eigenvalue weighted by Crippen LogP contribution is -2.45. The first-order chi connectivity index (χ1) is 8.08. The van der Waals surface area contributed by atoms with Gasteiger partial charge in [0.25, 0.3) is 0 Å². The second-order valence-corrected chi connectivity index (χ2v) is 4.95. The molecular formula is C12H25N3O2. The van der Waals surface area contributed by atoms with Gasteiger partial charge in [0.1, 0.15) is 0 Å². The van der Waals surface area contributed by atoms with Crippen LogP contribution in [0.5, 0.6) is 0 Å². The number of hydrogen-bond donors (Lipinski definition) is 2. The highest BCUT2D eigenvalue weighted by molar-refractivity contribution is 5.67. The number of likely N-dealkylation sites (N-methyl/N-ethyl adjacent to an activating group) is 1. The van der Waals surface area contributed by atoms with Crippen LogP contribution in [0.25, 0.3) is 0 Å². The largest absolute Gasteiger partial charge is 0.481 e. The Kier molecular flexibility index (Phi) is 6.47. The Morgan fingerprint density at radius 2 is 2.00 bits per heavy atom. The highest BCUT2D eigenvalue weighted by Crippen LogP contribution is 1.99. The van der Waals surface area contributed by atoms with E-state index in [1.165, 1.54) is 0 Å². The fourth-order valence-corrected chi connectivity index (χ4v) is 2.06. The third kappa shape index (κ3) is 6.61. The van der Waals surface area contributed by atoms with Crippen LogP contribution in [0.15, 0.2) is 0 Å². The van der Waals surface area contributed by atoms with Gasteiger partial charge < -0.3 is 20.2 Å². The molecular weight excluding hydrogens is 218 g/mol. The van der Waals surface area contributed by atoms with Gasteiger partial charge in [0.2, 0.25) is 0 Å². The quantitative estimate of drug-likeness (QED) is 0.620. The van der Waals surface area contributed by atoms with Crippen molar-refractivity contribution in [3.63, 3.8) is 0 Å². The molecule has 1 rings (SSSR count). The van der Waals surface area contributed by atoms with Crippen molar-refractivity contribution in [3.8, 4) is 0 Å². The molecule has 1 aliphatic heterocycles. The molecule has 1 atom stereocenters. The number of nitrogens with one attached hydrogen (secondary N) is 1. The van der Waals surface area contributed by atoms with E-state index in [9.17, 15) is 4.79 Å². The Hall–Kier alpha value is -0.650. The minimum atomic E-state index is -0.732. The molecule has 0 spiro atoms. The maximum absolute atomic E-state index is 10.5. The summed E-state index contributed by atoms with van der Waals surface area (Å²) in [6.07, 6.45) is 1.29. The van der Waals surface area contributed by atoms with Crippen LogP contribution in [0.2, 0.25) is 0 Å². The monoisotopic (exact) mass is 243 g/mol. The topological polar surface area (TPSA) is 55.8 Å². The maximum Gasteiger partial charge on any atom is 0.304 e. The Morgan fingerprint density at radius 3 is 2.59 bits per heavy atom. The van der Waals surface area contributed by atoms with Crippen molar-refractivity contribution >= 4 is 5.97 Å². The number of rotatable bonds is 7. The molecule has 1 fully saturated rings. The standard InChI is InChI=1S/C12H25N3O2/c1-11(10-12(16)17)13-4-3-5-15-8-6-14(2)7-9-15/h11,13H,3-10H2,1-2H3,(H,16,17). The van der Waals surface area contributed by atoms with Crippen LogP contribution in [0.4, 0.5) is 0 Å². The molecule has 5 heteroatoms. The molecule has 1 unspecified atom stereocenters. The number of carboxylic acid groups (broad SMARTS) is 1. The minimum absolute atomic E-state index is 0.0694. The van der Waals surface area contributed by atoms with Crippen molar-refractivity contribution in [2.75, 3.05) is 46.3 Å². The van der Waals surface area contributed by atoms with E-state index in [0.29, 0.717) is 0 Å². The van der Waals surface area contributed by atoms with Crippen molar-refractivity contribution in [1.29, 1.82) is 0 Å². The van der Waals surface area contributed by atoms with Crippen molar-refractivity contribution in [3.05, 3.63) is 0 Å². The van der Waals surface area contributed by atoms with Crippen LogP contribution < -0.4 is 5.32 Å². The highest BCUT2D eigenvalue weighted by atomic mass is 16.4. The van der Waals surface area contributed by atoms with Crippen LogP contribution in [-0.4, -0.2) is 73.2 Å². The number of nitrogens with zero attached hydrogens (tertiary/aromatic N) is 2. The highest BCUT2D eigenvalue weighted by Gasteiger charge is 2.13. The summed E-state index contributed by atoms with van der Waals surface area (Å²) < 4.78 is 0. The van der Waals surface area contributed by atoms with Crippen LogP contribution in [0.3, 0.4) is 0 Å². The zero-order chi connectivity index (χ0) is 12.7. The van der Waals surface area contributed by atoms with Gasteiger partial charge in [-0.3, -0.25) is 4.79 Å². The van der Waals surface area contributed by atoms with Gasteiger partial charge in [-0.25, -0.2) is 0 Å². The van der Waals surface area contributed by atoms with Crippen molar-refractivity contribution in [2.24, 2.45) is 0 Å². The Balaban J connectivity index is 1.98.